The Kier molecular flexibility index (Phi) is 4.86. The molecule has 0 spiro atoms. The number of ether oxygens (including phenoxy) is 1. The standard InChI is InChI=1S/C6H8N2O2/c1-10-5-6(4-9)8-3-2-7/h2-5,7H,1H3/b6-5+,7-2?,8-3-. The fourth-order valence-electron chi connectivity index (χ4n) is 0.333. The van der Waals surface area contributed by atoms with Crippen LogP contribution in [0.15, 0.2) is 17.0 Å². The van der Waals surface area contributed by atoms with E-state index in [9.17, 15) is 4.79 Å². The first-order valence-corrected chi connectivity index (χ1v) is 2.56. The van der Waals surface area contributed by atoms with Gasteiger partial charge >= 0.3 is 0 Å². The molecule has 0 aromatic carbocycles. The molecule has 4 nitrogen and oxygen atoms in total. The monoisotopic (exact) mass is 140 g/mol. The van der Waals surface area contributed by atoms with Crippen LogP contribution in [0, 0.1) is 5.41 Å². The fraction of sp³-hybridized carbons (Fsp3) is 0.167. The zero-order chi connectivity index (χ0) is 7.82. The molecule has 0 atom stereocenters. The molecule has 0 radical (unpaired) electrons. The van der Waals surface area contributed by atoms with Crippen molar-refractivity contribution in [1.82, 2.24) is 0 Å². The number of nitrogens with one attached hydrogen (secondary N) is 1. The SMILES string of the molecule is CO/C=C(C=O)/N=C\C=N. The molecule has 0 aliphatic rings. The Morgan fingerprint density at radius 1 is 1.70 bits per heavy atom. The van der Waals surface area contributed by atoms with E-state index in [2.05, 4.69) is 9.73 Å². The van der Waals surface area contributed by atoms with Gasteiger partial charge in [-0.2, -0.15) is 0 Å². The second-order valence-electron chi connectivity index (χ2n) is 1.34. The maximum Gasteiger partial charge on any atom is 0.171 e. The topological polar surface area (TPSA) is 62.5 Å². The van der Waals surface area contributed by atoms with E-state index in [1.54, 1.807) is 0 Å². The molecule has 0 aromatic heterocycles. The number of hydrogen-bond acceptors (Lipinski definition) is 4. The minimum atomic E-state index is 0.158. The second kappa shape index (κ2) is 5.68. The molecule has 10 heavy (non-hydrogen) atoms. The van der Waals surface area contributed by atoms with Gasteiger partial charge in [0.05, 0.1) is 7.11 Å². The summed E-state index contributed by atoms with van der Waals surface area (Å²) in [6.07, 6.45) is 3.92. The normalized spacial score (nSPS) is 11.5. The van der Waals surface area contributed by atoms with Gasteiger partial charge in [-0.25, -0.2) is 4.99 Å². The number of carbonyl (C=O) groups is 1. The van der Waals surface area contributed by atoms with Crippen molar-refractivity contribution in [3.63, 3.8) is 0 Å². The number of aldehydes is 1. The van der Waals surface area contributed by atoms with Crippen molar-refractivity contribution in [2.45, 2.75) is 0 Å². The van der Waals surface area contributed by atoms with E-state index in [-0.39, 0.29) is 5.70 Å². The van der Waals surface area contributed by atoms with Crippen LogP contribution in [0.2, 0.25) is 0 Å². The lowest BCUT2D eigenvalue weighted by molar-refractivity contribution is -0.105. The lowest BCUT2D eigenvalue weighted by Gasteiger charge is -1.87. The van der Waals surface area contributed by atoms with E-state index < -0.39 is 0 Å². The van der Waals surface area contributed by atoms with E-state index in [4.69, 9.17) is 5.41 Å². The van der Waals surface area contributed by atoms with Crippen LogP contribution in [0.3, 0.4) is 0 Å². The Bertz CT molecular complexity index is 173. The highest BCUT2D eigenvalue weighted by molar-refractivity contribution is 6.15. The summed E-state index contributed by atoms with van der Waals surface area (Å²) in [5.74, 6) is 0. The largest absolute Gasteiger partial charge is 0.502 e. The third kappa shape index (κ3) is 3.54. The molecule has 0 amide bonds. The summed E-state index contributed by atoms with van der Waals surface area (Å²) in [4.78, 5) is 13.6. The number of carbonyl (C=O) groups excluding carboxylic acids is 1. The van der Waals surface area contributed by atoms with Gasteiger partial charge in [-0.3, -0.25) is 4.79 Å². The molecule has 0 aromatic rings. The van der Waals surface area contributed by atoms with Crippen molar-refractivity contribution in [1.29, 1.82) is 5.41 Å². The first-order chi connectivity index (χ1) is 4.85. The number of aliphatic imine (C=N–C) groups is 1. The van der Waals surface area contributed by atoms with Gasteiger partial charge < -0.3 is 10.1 Å². The molecule has 0 saturated carbocycles. The van der Waals surface area contributed by atoms with Crippen LogP contribution in [-0.2, 0) is 9.53 Å². The van der Waals surface area contributed by atoms with Crippen molar-refractivity contribution in [3.05, 3.63) is 12.0 Å². The number of rotatable bonds is 4. The molecule has 54 valence electrons. The molecule has 0 fully saturated rings. The predicted molar refractivity (Wildman–Crippen MR) is 38.4 cm³/mol. The van der Waals surface area contributed by atoms with Crippen molar-refractivity contribution >= 4 is 18.7 Å². The van der Waals surface area contributed by atoms with Gasteiger partial charge in [0.25, 0.3) is 0 Å². The zero-order valence-electron chi connectivity index (χ0n) is 5.57. The van der Waals surface area contributed by atoms with E-state index in [0.717, 1.165) is 6.21 Å². The Morgan fingerprint density at radius 3 is 2.80 bits per heavy atom. The smallest absolute Gasteiger partial charge is 0.171 e. The Labute approximate surface area is 58.7 Å². The maximum absolute atomic E-state index is 10.1. The highest BCUT2D eigenvalue weighted by atomic mass is 16.5. The summed E-state index contributed by atoms with van der Waals surface area (Å²) < 4.78 is 4.51. The Balaban J connectivity index is 4.07. The second-order valence-corrected chi connectivity index (χ2v) is 1.34. The van der Waals surface area contributed by atoms with Crippen molar-refractivity contribution < 1.29 is 9.53 Å². The average molecular weight is 140 g/mol. The highest BCUT2D eigenvalue weighted by Crippen LogP contribution is 1.88. The van der Waals surface area contributed by atoms with Gasteiger partial charge in [0.2, 0.25) is 0 Å². The molecule has 0 aliphatic carbocycles. The van der Waals surface area contributed by atoms with E-state index >= 15 is 0 Å². The van der Waals surface area contributed by atoms with Crippen LogP contribution in [-0.4, -0.2) is 25.8 Å². The minimum absolute atomic E-state index is 0.158. The summed E-state index contributed by atoms with van der Waals surface area (Å²) in [6, 6.07) is 0. The number of hydrogen-bond donors (Lipinski definition) is 1. The molecular formula is C6H8N2O2. The first-order valence-electron chi connectivity index (χ1n) is 2.56. The summed E-state index contributed by atoms with van der Waals surface area (Å²) in [6.45, 7) is 0. The summed E-state index contributed by atoms with van der Waals surface area (Å²) in [7, 11) is 1.42. The molecular weight excluding hydrogens is 132 g/mol. The maximum atomic E-state index is 10.1. The molecule has 0 saturated heterocycles. The molecule has 0 unspecified atom stereocenters. The van der Waals surface area contributed by atoms with E-state index in [1.807, 2.05) is 0 Å². The van der Waals surface area contributed by atoms with Gasteiger partial charge in [-0.05, 0) is 0 Å². The van der Waals surface area contributed by atoms with E-state index in [1.165, 1.54) is 19.6 Å². The molecule has 0 bridgehead atoms. The Morgan fingerprint density at radius 2 is 2.40 bits per heavy atom. The van der Waals surface area contributed by atoms with Crippen LogP contribution in [0.5, 0.6) is 0 Å². The summed E-state index contributed by atoms with van der Waals surface area (Å²) >= 11 is 0. The molecule has 0 heterocycles. The van der Waals surface area contributed by atoms with Gasteiger partial charge in [-0.15, -0.1) is 0 Å². The van der Waals surface area contributed by atoms with Crippen LogP contribution in [0.4, 0.5) is 0 Å². The lowest BCUT2D eigenvalue weighted by Crippen LogP contribution is -1.83. The zero-order valence-corrected chi connectivity index (χ0v) is 5.57. The fourth-order valence-corrected chi connectivity index (χ4v) is 0.333. The van der Waals surface area contributed by atoms with Crippen molar-refractivity contribution in [3.8, 4) is 0 Å². The molecule has 0 rings (SSSR count). The minimum Gasteiger partial charge on any atom is -0.502 e. The third-order valence-electron chi connectivity index (χ3n) is 0.657. The van der Waals surface area contributed by atoms with Crippen LogP contribution in [0.1, 0.15) is 0 Å². The lowest BCUT2D eigenvalue weighted by atomic mass is 10.5. The van der Waals surface area contributed by atoms with E-state index in [0.29, 0.717) is 6.29 Å². The average Bonchev–Trinajstić information content (AvgIpc) is 1.98. The molecule has 0 aliphatic heterocycles. The van der Waals surface area contributed by atoms with Gasteiger partial charge in [0.15, 0.2) is 6.29 Å². The summed E-state index contributed by atoms with van der Waals surface area (Å²) in [5.41, 5.74) is 0.158. The number of nitrogens with zero attached hydrogens (tertiary/aromatic N) is 1. The first kappa shape index (κ1) is 8.55. The van der Waals surface area contributed by atoms with Gasteiger partial charge in [0.1, 0.15) is 12.0 Å². The van der Waals surface area contributed by atoms with Crippen molar-refractivity contribution in [2.24, 2.45) is 4.99 Å². The van der Waals surface area contributed by atoms with Crippen LogP contribution >= 0.6 is 0 Å². The number of allylic oxidation sites excluding steroid dienone is 1. The van der Waals surface area contributed by atoms with Gasteiger partial charge in [-0.1, -0.05) is 0 Å². The molecule has 4 heteroatoms. The van der Waals surface area contributed by atoms with Crippen LogP contribution < -0.4 is 0 Å². The van der Waals surface area contributed by atoms with Crippen molar-refractivity contribution in [2.75, 3.05) is 7.11 Å². The molecule has 1 N–H and O–H groups in total. The predicted octanol–water partition coefficient (Wildman–Crippen LogP) is 0.393. The van der Waals surface area contributed by atoms with Gasteiger partial charge in [0, 0.05) is 12.4 Å². The quantitative estimate of drug-likeness (QED) is 0.266. The highest BCUT2D eigenvalue weighted by Gasteiger charge is 1.85. The van der Waals surface area contributed by atoms with Crippen LogP contribution in [0.25, 0.3) is 0 Å². The summed E-state index contributed by atoms with van der Waals surface area (Å²) in [5, 5.41) is 6.55. The third-order valence-corrected chi connectivity index (χ3v) is 0.657. The Hall–Kier alpha value is -1.45. The number of methoxy groups -OCH3 is 1.